The van der Waals surface area contributed by atoms with Crippen molar-refractivity contribution < 1.29 is 0 Å². The largest absolute Gasteiger partial charge is 0.249 e. The summed E-state index contributed by atoms with van der Waals surface area (Å²) in [5.74, 6) is 0.509. The number of nitrogens with zero attached hydrogens (tertiary/aromatic N) is 1. The molecule has 0 amide bonds. The van der Waals surface area contributed by atoms with Crippen molar-refractivity contribution in [3.8, 4) is 0 Å². The van der Waals surface area contributed by atoms with Crippen LogP contribution in [0, 0.1) is 0 Å². The first kappa shape index (κ1) is 11.9. The van der Waals surface area contributed by atoms with Gasteiger partial charge in [0.1, 0.15) is 0 Å². The molecule has 1 atom stereocenters. The zero-order chi connectivity index (χ0) is 11.1. The van der Waals surface area contributed by atoms with Gasteiger partial charge in [-0.1, -0.05) is 38.3 Å². The van der Waals surface area contributed by atoms with Crippen LogP contribution in [0.2, 0.25) is 0 Å². The molecule has 1 aromatic heterocycles. The quantitative estimate of drug-likeness (QED) is 0.649. The van der Waals surface area contributed by atoms with Crippen LogP contribution in [-0.2, 0) is 0 Å². The third kappa shape index (κ3) is 3.48. The van der Waals surface area contributed by atoms with Gasteiger partial charge >= 0.3 is 0 Å². The van der Waals surface area contributed by atoms with Crippen LogP contribution in [0.1, 0.15) is 30.7 Å². The highest BCUT2D eigenvalue weighted by Crippen LogP contribution is 2.28. The van der Waals surface area contributed by atoms with Crippen molar-refractivity contribution in [3.63, 3.8) is 0 Å². The lowest BCUT2D eigenvalue weighted by atomic mass is 9.97. The van der Waals surface area contributed by atoms with Gasteiger partial charge in [-0.15, -0.1) is 11.3 Å². The fraction of sp³-hybridized carbons (Fsp3) is 0.308. The molecule has 0 aliphatic rings. The van der Waals surface area contributed by atoms with Gasteiger partial charge in [-0.3, -0.25) is 0 Å². The van der Waals surface area contributed by atoms with Crippen LogP contribution in [0.5, 0.6) is 0 Å². The van der Waals surface area contributed by atoms with E-state index in [0.717, 1.165) is 12.8 Å². The number of hydrogen-bond acceptors (Lipinski definition) is 2. The molecule has 80 valence electrons. The molecule has 0 aromatic carbocycles. The molecule has 0 N–H and O–H groups in total. The topological polar surface area (TPSA) is 12.9 Å². The second kappa shape index (κ2) is 6.36. The predicted molar refractivity (Wildman–Crippen MR) is 68.2 cm³/mol. The van der Waals surface area contributed by atoms with E-state index in [1.807, 2.05) is 29.8 Å². The minimum atomic E-state index is 0.509. The van der Waals surface area contributed by atoms with Gasteiger partial charge in [0.05, 0.1) is 5.01 Å². The average Bonchev–Trinajstić information content (AvgIpc) is 2.77. The molecule has 2 heteroatoms. The van der Waals surface area contributed by atoms with E-state index >= 15 is 0 Å². The SMILES string of the molecule is C=C/C=C(\C=C)CC(CC)c1nccs1. The summed E-state index contributed by atoms with van der Waals surface area (Å²) >= 11 is 1.73. The molecule has 0 saturated carbocycles. The van der Waals surface area contributed by atoms with Crippen LogP contribution >= 0.6 is 11.3 Å². The third-order valence-electron chi connectivity index (χ3n) is 2.37. The molecule has 1 unspecified atom stereocenters. The van der Waals surface area contributed by atoms with Crippen LogP contribution < -0.4 is 0 Å². The fourth-order valence-electron chi connectivity index (χ4n) is 1.50. The van der Waals surface area contributed by atoms with Crippen molar-refractivity contribution in [2.75, 3.05) is 0 Å². The molecule has 0 aliphatic carbocycles. The van der Waals surface area contributed by atoms with Crippen molar-refractivity contribution in [2.45, 2.75) is 25.7 Å². The Morgan fingerprint density at radius 3 is 2.87 bits per heavy atom. The van der Waals surface area contributed by atoms with Crippen LogP contribution in [0.15, 0.2) is 48.5 Å². The minimum Gasteiger partial charge on any atom is -0.249 e. The molecule has 1 heterocycles. The van der Waals surface area contributed by atoms with E-state index < -0.39 is 0 Å². The van der Waals surface area contributed by atoms with E-state index in [0.29, 0.717) is 5.92 Å². The molecule has 1 aromatic rings. The highest BCUT2D eigenvalue weighted by Gasteiger charge is 2.12. The zero-order valence-corrected chi connectivity index (χ0v) is 9.96. The second-order valence-electron chi connectivity index (χ2n) is 3.36. The van der Waals surface area contributed by atoms with E-state index in [1.54, 1.807) is 11.3 Å². The molecule has 1 rings (SSSR count). The van der Waals surface area contributed by atoms with E-state index in [4.69, 9.17) is 0 Å². The summed E-state index contributed by atoms with van der Waals surface area (Å²) in [6.45, 7) is 9.72. The van der Waals surface area contributed by atoms with Crippen LogP contribution in [0.3, 0.4) is 0 Å². The first-order valence-electron chi connectivity index (χ1n) is 5.15. The molecule has 0 aliphatic heterocycles. The summed E-state index contributed by atoms with van der Waals surface area (Å²) in [7, 11) is 0. The fourth-order valence-corrected chi connectivity index (χ4v) is 2.32. The maximum absolute atomic E-state index is 4.37. The maximum Gasteiger partial charge on any atom is 0.0959 e. The Bertz CT molecular complexity index is 335. The van der Waals surface area contributed by atoms with Crippen molar-refractivity contribution >= 4 is 11.3 Å². The molecule has 0 bridgehead atoms. The highest BCUT2D eigenvalue weighted by atomic mass is 32.1. The maximum atomic E-state index is 4.37. The number of allylic oxidation sites excluding steroid dienone is 4. The number of thiazole rings is 1. The van der Waals surface area contributed by atoms with E-state index in [2.05, 4.69) is 25.1 Å². The van der Waals surface area contributed by atoms with Gasteiger partial charge in [-0.2, -0.15) is 0 Å². The molecule has 0 saturated heterocycles. The van der Waals surface area contributed by atoms with Crippen molar-refractivity contribution in [3.05, 3.63) is 53.5 Å². The Hall–Kier alpha value is -1.15. The van der Waals surface area contributed by atoms with Crippen molar-refractivity contribution in [1.29, 1.82) is 0 Å². The van der Waals surface area contributed by atoms with Crippen LogP contribution in [-0.4, -0.2) is 4.98 Å². The lowest BCUT2D eigenvalue weighted by molar-refractivity contribution is 0.658. The lowest BCUT2D eigenvalue weighted by Gasteiger charge is -2.12. The molecule has 1 nitrogen and oxygen atoms in total. The number of rotatable bonds is 6. The number of aromatic nitrogens is 1. The minimum absolute atomic E-state index is 0.509. The van der Waals surface area contributed by atoms with E-state index in [1.165, 1.54) is 10.6 Å². The van der Waals surface area contributed by atoms with Crippen molar-refractivity contribution in [1.82, 2.24) is 4.98 Å². The van der Waals surface area contributed by atoms with Gasteiger partial charge in [0.15, 0.2) is 0 Å². The first-order valence-corrected chi connectivity index (χ1v) is 6.03. The summed E-state index contributed by atoms with van der Waals surface area (Å²) < 4.78 is 0. The van der Waals surface area contributed by atoms with E-state index in [9.17, 15) is 0 Å². The van der Waals surface area contributed by atoms with Crippen LogP contribution in [0.4, 0.5) is 0 Å². The Morgan fingerprint density at radius 1 is 1.60 bits per heavy atom. The summed E-state index contributed by atoms with van der Waals surface area (Å²) in [6.07, 6.45) is 9.70. The first-order chi connectivity index (χ1) is 7.31. The Balaban J connectivity index is 2.73. The van der Waals surface area contributed by atoms with Gasteiger partial charge < -0.3 is 0 Å². The zero-order valence-electron chi connectivity index (χ0n) is 9.15. The summed E-state index contributed by atoms with van der Waals surface area (Å²) in [5, 5.41) is 3.25. The average molecular weight is 219 g/mol. The number of hydrogen-bond donors (Lipinski definition) is 0. The van der Waals surface area contributed by atoms with Gasteiger partial charge in [0.2, 0.25) is 0 Å². The smallest absolute Gasteiger partial charge is 0.0959 e. The summed E-state index contributed by atoms with van der Waals surface area (Å²) in [5.41, 5.74) is 1.23. The normalized spacial score (nSPS) is 13.5. The monoisotopic (exact) mass is 219 g/mol. The van der Waals surface area contributed by atoms with Gasteiger partial charge in [-0.05, 0) is 18.4 Å². The van der Waals surface area contributed by atoms with Crippen molar-refractivity contribution in [2.24, 2.45) is 0 Å². The second-order valence-corrected chi connectivity index (χ2v) is 4.29. The summed E-state index contributed by atoms with van der Waals surface area (Å²) in [4.78, 5) is 4.37. The Morgan fingerprint density at radius 2 is 2.40 bits per heavy atom. The molecule has 0 fully saturated rings. The Kier molecular flexibility index (Phi) is 5.05. The lowest BCUT2D eigenvalue weighted by Crippen LogP contribution is -1.97. The Labute approximate surface area is 95.9 Å². The van der Waals surface area contributed by atoms with E-state index in [-0.39, 0.29) is 0 Å². The van der Waals surface area contributed by atoms with Crippen LogP contribution in [0.25, 0.3) is 0 Å². The van der Waals surface area contributed by atoms with Gasteiger partial charge in [0, 0.05) is 17.5 Å². The van der Waals surface area contributed by atoms with Gasteiger partial charge in [-0.25, -0.2) is 4.98 Å². The summed E-state index contributed by atoms with van der Waals surface area (Å²) in [6, 6.07) is 0. The molecule has 15 heavy (non-hydrogen) atoms. The highest BCUT2D eigenvalue weighted by molar-refractivity contribution is 7.09. The molecular weight excluding hydrogens is 202 g/mol. The molecule has 0 spiro atoms. The molecule has 0 radical (unpaired) electrons. The predicted octanol–water partition coefficient (Wildman–Crippen LogP) is 4.33. The van der Waals surface area contributed by atoms with Gasteiger partial charge in [0.25, 0.3) is 0 Å². The third-order valence-corrected chi connectivity index (χ3v) is 3.31. The standard InChI is InChI=1S/C13H17NS/c1-4-7-11(5-2)10-12(6-3)13-14-8-9-15-13/h4-5,7-9,12H,1-2,6,10H2,3H3/b11-7+. The molecular formula is C13H17NS.